The van der Waals surface area contributed by atoms with Crippen molar-refractivity contribution in [3.8, 4) is 0 Å². The van der Waals surface area contributed by atoms with Crippen molar-refractivity contribution in [2.24, 2.45) is 0 Å². The lowest BCUT2D eigenvalue weighted by atomic mass is 10.1. The zero-order valence-corrected chi connectivity index (χ0v) is 11.1. The van der Waals surface area contributed by atoms with Crippen LogP contribution in [-0.2, 0) is 0 Å². The van der Waals surface area contributed by atoms with Crippen LogP contribution >= 0.6 is 0 Å². The topological polar surface area (TPSA) is 67.2 Å². The predicted molar refractivity (Wildman–Crippen MR) is 77.1 cm³/mol. The highest BCUT2D eigenvalue weighted by molar-refractivity contribution is 5.70. The summed E-state index contributed by atoms with van der Waals surface area (Å²) in [5.41, 5.74) is 2.01. The molecule has 0 fully saturated rings. The summed E-state index contributed by atoms with van der Waals surface area (Å²) in [7, 11) is 1.66. The molecule has 2 aromatic rings. The fraction of sp³-hybridized carbons (Fsp3) is 0.143. The number of nitro groups is 1. The third-order valence-electron chi connectivity index (χ3n) is 2.91. The first-order valence-corrected chi connectivity index (χ1v) is 6.00. The van der Waals surface area contributed by atoms with E-state index in [1.165, 1.54) is 18.2 Å². The summed E-state index contributed by atoms with van der Waals surface area (Å²) >= 11 is 0. The quantitative estimate of drug-likeness (QED) is 0.657. The van der Waals surface area contributed by atoms with E-state index in [4.69, 9.17) is 0 Å². The minimum absolute atomic E-state index is 0.0617. The maximum atomic E-state index is 13.8. The Kier molecular flexibility index (Phi) is 3.84. The summed E-state index contributed by atoms with van der Waals surface area (Å²) < 4.78 is 13.8. The van der Waals surface area contributed by atoms with Gasteiger partial charge in [-0.25, -0.2) is 4.39 Å². The van der Waals surface area contributed by atoms with Crippen molar-refractivity contribution in [2.45, 2.75) is 6.92 Å². The summed E-state index contributed by atoms with van der Waals surface area (Å²) in [6, 6.07) is 9.18. The highest BCUT2D eigenvalue weighted by Gasteiger charge is 2.11. The van der Waals surface area contributed by atoms with Crippen molar-refractivity contribution in [1.29, 1.82) is 0 Å². The van der Waals surface area contributed by atoms with E-state index < -0.39 is 10.7 Å². The fourth-order valence-electron chi connectivity index (χ4n) is 1.87. The minimum Gasteiger partial charge on any atom is -0.388 e. The van der Waals surface area contributed by atoms with Crippen LogP contribution in [0.25, 0.3) is 0 Å². The van der Waals surface area contributed by atoms with Gasteiger partial charge in [-0.3, -0.25) is 10.1 Å². The van der Waals surface area contributed by atoms with Gasteiger partial charge in [0.1, 0.15) is 5.82 Å². The van der Waals surface area contributed by atoms with Gasteiger partial charge in [-0.2, -0.15) is 0 Å². The van der Waals surface area contributed by atoms with Gasteiger partial charge in [0.15, 0.2) is 0 Å². The molecule has 0 aliphatic carbocycles. The maximum absolute atomic E-state index is 13.8. The SMILES string of the molecule is CNc1cc(Nc2c(C)cccc2F)cc([N+](=O)[O-])c1. The van der Waals surface area contributed by atoms with Gasteiger partial charge in [0.05, 0.1) is 10.6 Å². The first-order valence-electron chi connectivity index (χ1n) is 6.00. The number of rotatable bonds is 4. The second-order valence-electron chi connectivity index (χ2n) is 4.33. The van der Waals surface area contributed by atoms with E-state index in [1.807, 2.05) is 0 Å². The molecule has 0 atom stereocenters. The number of nitrogens with one attached hydrogen (secondary N) is 2. The molecule has 2 aromatic carbocycles. The molecule has 0 bridgehead atoms. The molecule has 5 nitrogen and oxygen atoms in total. The van der Waals surface area contributed by atoms with E-state index in [0.717, 1.165) is 5.56 Å². The molecule has 6 heteroatoms. The van der Waals surface area contributed by atoms with E-state index >= 15 is 0 Å². The lowest BCUT2D eigenvalue weighted by molar-refractivity contribution is -0.384. The molecule has 0 unspecified atom stereocenters. The van der Waals surface area contributed by atoms with Gasteiger partial charge in [-0.1, -0.05) is 12.1 Å². The molecular formula is C14H14FN3O2. The molecule has 20 heavy (non-hydrogen) atoms. The molecule has 0 aliphatic rings. The van der Waals surface area contributed by atoms with Crippen LogP contribution in [0.5, 0.6) is 0 Å². The largest absolute Gasteiger partial charge is 0.388 e. The van der Waals surface area contributed by atoms with Gasteiger partial charge in [0.25, 0.3) is 5.69 Å². The Balaban J connectivity index is 2.43. The molecule has 0 aromatic heterocycles. The third kappa shape index (κ3) is 2.85. The van der Waals surface area contributed by atoms with Gasteiger partial charge in [-0.15, -0.1) is 0 Å². The molecule has 2 rings (SSSR count). The Bertz CT molecular complexity index is 639. The molecule has 2 N–H and O–H groups in total. The van der Waals surface area contributed by atoms with E-state index in [1.54, 1.807) is 32.2 Å². The van der Waals surface area contributed by atoms with Crippen LogP contribution < -0.4 is 10.6 Å². The molecule has 0 radical (unpaired) electrons. The number of non-ortho nitro benzene ring substituents is 1. The third-order valence-corrected chi connectivity index (χ3v) is 2.91. The van der Waals surface area contributed by atoms with Crippen LogP contribution in [-0.4, -0.2) is 12.0 Å². The van der Waals surface area contributed by atoms with E-state index in [-0.39, 0.29) is 5.69 Å². The number of anilines is 3. The monoisotopic (exact) mass is 275 g/mol. The number of benzene rings is 2. The molecule has 0 aliphatic heterocycles. The molecular weight excluding hydrogens is 261 g/mol. The second kappa shape index (κ2) is 5.56. The van der Waals surface area contributed by atoms with Crippen LogP contribution in [0.3, 0.4) is 0 Å². The number of nitrogens with zero attached hydrogens (tertiary/aromatic N) is 1. The maximum Gasteiger partial charge on any atom is 0.273 e. The summed E-state index contributed by atoms with van der Waals surface area (Å²) in [4.78, 5) is 10.4. The average molecular weight is 275 g/mol. The van der Waals surface area contributed by atoms with E-state index in [2.05, 4.69) is 10.6 Å². The Hall–Kier alpha value is -2.63. The zero-order chi connectivity index (χ0) is 14.7. The summed E-state index contributed by atoms with van der Waals surface area (Å²) in [5, 5.41) is 16.6. The molecule has 104 valence electrons. The lowest BCUT2D eigenvalue weighted by Crippen LogP contribution is -1.99. The average Bonchev–Trinajstić information content (AvgIpc) is 2.42. The normalized spacial score (nSPS) is 10.2. The van der Waals surface area contributed by atoms with Crippen LogP contribution in [0.2, 0.25) is 0 Å². The van der Waals surface area contributed by atoms with Crippen molar-refractivity contribution < 1.29 is 9.31 Å². The van der Waals surface area contributed by atoms with Gasteiger partial charge in [-0.05, 0) is 24.6 Å². The first-order chi connectivity index (χ1) is 9.51. The number of para-hydroxylation sites is 1. The lowest BCUT2D eigenvalue weighted by Gasteiger charge is -2.11. The number of halogens is 1. The van der Waals surface area contributed by atoms with Gasteiger partial charge in [0.2, 0.25) is 0 Å². The van der Waals surface area contributed by atoms with Gasteiger partial charge < -0.3 is 10.6 Å². The molecule has 0 saturated heterocycles. The highest BCUT2D eigenvalue weighted by Crippen LogP contribution is 2.29. The molecule has 0 saturated carbocycles. The van der Waals surface area contributed by atoms with Gasteiger partial charge >= 0.3 is 0 Å². The van der Waals surface area contributed by atoms with Crippen LogP contribution in [0.1, 0.15) is 5.56 Å². The Morgan fingerprint density at radius 3 is 2.50 bits per heavy atom. The fourth-order valence-corrected chi connectivity index (χ4v) is 1.87. The van der Waals surface area contributed by atoms with Crippen LogP contribution in [0.15, 0.2) is 36.4 Å². The van der Waals surface area contributed by atoms with E-state index in [9.17, 15) is 14.5 Å². The molecule has 0 spiro atoms. The second-order valence-corrected chi connectivity index (χ2v) is 4.33. The standard InChI is InChI=1S/C14H14FN3O2/c1-9-4-3-5-13(15)14(9)17-11-6-10(16-2)7-12(8-11)18(19)20/h3-8,16-17H,1-2H3. The first kappa shape index (κ1) is 13.8. The Morgan fingerprint density at radius 2 is 1.90 bits per heavy atom. The zero-order valence-electron chi connectivity index (χ0n) is 11.1. The van der Waals surface area contributed by atoms with Crippen LogP contribution in [0.4, 0.5) is 27.1 Å². The van der Waals surface area contributed by atoms with Crippen molar-refractivity contribution in [2.75, 3.05) is 17.7 Å². The summed E-state index contributed by atoms with van der Waals surface area (Å²) in [5.74, 6) is -0.400. The number of hydrogen-bond acceptors (Lipinski definition) is 4. The van der Waals surface area contributed by atoms with Crippen LogP contribution in [0, 0.1) is 22.9 Å². The predicted octanol–water partition coefficient (Wildman–Crippen LogP) is 3.83. The van der Waals surface area contributed by atoms with Gasteiger partial charge in [0, 0.05) is 30.6 Å². The van der Waals surface area contributed by atoms with Crippen molar-refractivity contribution in [1.82, 2.24) is 0 Å². The minimum atomic E-state index is -0.486. The number of hydrogen-bond donors (Lipinski definition) is 2. The highest BCUT2D eigenvalue weighted by atomic mass is 19.1. The van der Waals surface area contributed by atoms with Crippen molar-refractivity contribution in [3.63, 3.8) is 0 Å². The summed E-state index contributed by atoms with van der Waals surface area (Å²) in [6.45, 7) is 1.77. The van der Waals surface area contributed by atoms with E-state index in [0.29, 0.717) is 17.1 Å². The summed E-state index contributed by atoms with van der Waals surface area (Å²) in [6.07, 6.45) is 0. The number of aryl methyl sites for hydroxylation is 1. The smallest absolute Gasteiger partial charge is 0.273 e. The molecule has 0 heterocycles. The molecule has 0 amide bonds. The Morgan fingerprint density at radius 1 is 1.20 bits per heavy atom. The Labute approximate surface area is 115 Å². The number of nitro benzene ring substituents is 1. The van der Waals surface area contributed by atoms with Crippen molar-refractivity contribution in [3.05, 3.63) is 57.9 Å². The van der Waals surface area contributed by atoms with Crippen molar-refractivity contribution >= 4 is 22.7 Å².